The fourth-order valence-electron chi connectivity index (χ4n) is 2.80. The van der Waals surface area contributed by atoms with Gasteiger partial charge in [-0.3, -0.25) is 14.5 Å². The molecular formula is C17H25N3O2. The lowest BCUT2D eigenvalue weighted by Gasteiger charge is -2.34. The number of aryl methyl sites for hydroxylation is 1. The SMILES string of the molecule is Cc1ccc(CNC(=O)[C@@H](C)N2CCC[C@@H](C(N)=O)C2)cc1. The summed E-state index contributed by atoms with van der Waals surface area (Å²) in [6, 6.07) is 7.86. The fourth-order valence-corrected chi connectivity index (χ4v) is 2.80. The van der Waals surface area contributed by atoms with E-state index in [9.17, 15) is 9.59 Å². The van der Waals surface area contributed by atoms with Crippen molar-refractivity contribution in [3.8, 4) is 0 Å². The number of likely N-dealkylation sites (tertiary alicyclic amines) is 1. The van der Waals surface area contributed by atoms with Crippen molar-refractivity contribution in [1.29, 1.82) is 0 Å². The topological polar surface area (TPSA) is 75.4 Å². The third-order valence-corrected chi connectivity index (χ3v) is 4.37. The zero-order chi connectivity index (χ0) is 16.1. The smallest absolute Gasteiger partial charge is 0.237 e. The van der Waals surface area contributed by atoms with Crippen molar-refractivity contribution >= 4 is 11.8 Å². The summed E-state index contributed by atoms with van der Waals surface area (Å²) < 4.78 is 0. The van der Waals surface area contributed by atoms with Crippen LogP contribution in [0.1, 0.15) is 30.9 Å². The number of amides is 2. The quantitative estimate of drug-likeness (QED) is 0.858. The Kier molecular flexibility index (Phi) is 5.55. The molecule has 0 saturated carbocycles. The average molecular weight is 303 g/mol. The maximum absolute atomic E-state index is 12.3. The molecule has 1 aliphatic rings. The summed E-state index contributed by atoms with van der Waals surface area (Å²) >= 11 is 0. The Morgan fingerprint density at radius 1 is 1.36 bits per heavy atom. The minimum atomic E-state index is -0.267. The maximum Gasteiger partial charge on any atom is 0.237 e. The molecule has 0 aromatic heterocycles. The summed E-state index contributed by atoms with van der Waals surface area (Å²) in [6.07, 6.45) is 1.73. The van der Waals surface area contributed by atoms with Crippen molar-refractivity contribution in [3.63, 3.8) is 0 Å². The summed E-state index contributed by atoms with van der Waals surface area (Å²) in [5, 5.41) is 2.96. The van der Waals surface area contributed by atoms with Crippen molar-refractivity contribution in [1.82, 2.24) is 10.2 Å². The lowest BCUT2D eigenvalue weighted by Crippen LogP contribution is -2.50. The van der Waals surface area contributed by atoms with Gasteiger partial charge in [0.05, 0.1) is 12.0 Å². The summed E-state index contributed by atoms with van der Waals surface area (Å²) in [4.78, 5) is 25.7. The van der Waals surface area contributed by atoms with Crippen molar-refractivity contribution in [2.45, 2.75) is 39.3 Å². The molecule has 0 radical (unpaired) electrons. The number of rotatable bonds is 5. The van der Waals surface area contributed by atoms with Gasteiger partial charge in [0.25, 0.3) is 0 Å². The van der Waals surface area contributed by atoms with E-state index in [4.69, 9.17) is 5.73 Å². The predicted octanol–water partition coefficient (Wildman–Crippen LogP) is 1.20. The molecule has 1 fully saturated rings. The molecule has 5 heteroatoms. The number of hydrogen-bond donors (Lipinski definition) is 2. The van der Waals surface area contributed by atoms with Gasteiger partial charge in [-0.25, -0.2) is 0 Å². The Morgan fingerprint density at radius 3 is 2.68 bits per heavy atom. The second-order valence-corrected chi connectivity index (χ2v) is 6.12. The Bertz CT molecular complexity index is 527. The zero-order valence-electron chi connectivity index (χ0n) is 13.3. The molecule has 0 spiro atoms. The number of benzene rings is 1. The number of hydrogen-bond acceptors (Lipinski definition) is 3. The van der Waals surface area contributed by atoms with E-state index in [1.165, 1.54) is 5.56 Å². The molecule has 120 valence electrons. The van der Waals surface area contributed by atoms with Crippen LogP contribution in [0.15, 0.2) is 24.3 Å². The standard InChI is InChI=1S/C17H25N3O2/c1-12-5-7-14(8-6-12)10-19-17(22)13(2)20-9-3-4-15(11-20)16(18)21/h5-8,13,15H,3-4,9-11H2,1-2H3,(H2,18,21)(H,19,22)/t13-,15-/m1/s1. The van der Waals surface area contributed by atoms with Crippen LogP contribution in [-0.4, -0.2) is 35.8 Å². The van der Waals surface area contributed by atoms with Gasteiger partial charge in [-0.15, -0.1) is 0 Å². The number of nitrogens with one attached hydrogen (secondary N) is 1. The fraction of sp³-hybridized carbons (Fsp3) is 0.529. The Balaban J connectivity index is 1.86. The van der Waals surface area contributed by atoms with Gasteiger partial charge in [-0.05, 0) is 38.8 Å². The summed E-state index contributed by atoms with van der Waals surface area (Å²) in [5.74, 6) is -0.413. The lowest BCUT2D eigenvalue weighted by molar-refractivity contribution is -0.129. The first-order valence-electron chi connectivity index (χ1n) is 7.84. The predicted molar refractivity (Wildman–Crippen MR) is 86.0 cm³/mol. The molecule has 1 aromatic rings. The highest BCUT2D eigenvalue weighted by Crippen LogP contribution is 2.18. The minimum absolute atomic E-state index is 0.00862. The van der Waals surface area contributed by atoms with Crippen LogP contribution in [-0.2, 0) is 16.1 Å². The van der Waals surface area contributed by atoms with E-state index in [2.05, 4.69) is 5.32 Å². The number of nitrogens with two attached hydrogens (primary N) is 1. The van der Waals surface area contributed by atoms with E-state index in [0.717, 1.165) is 24.9 Å². The number of nitrogens with zero attached hydrogens (tertiary/aromatic N) is 1. The second-order valence-electron chi connectivity index (χ2n) is 6.12. The molecule has 2 rings (SSSR count). The van der Waals surface area contributed by atoms with Crippen LogP contribution >= 0.6 is 0 Å². The van der Waals surface area contributed by atoms with Gasteiger partial charge >= 0.3 is 0 Å². The van der Waals surface area contributed by atoms with Crippen molar-refractivity contribution in [2.75, 3.05) is 13.1 Å². The second kappa shape index (κ2) is 7.40. The first-order chi connectivity index (χ1) is 10.5. The van der Waals surface area contributed by atoms with Crippen LogP contribution in [0.2, 0.25) is 0 Å². The molecule has 22 heavy (non-hydrogen) atoms. The molecule has 3 N–H and O–H groups in total. The Labute approximate surface area is 131 Å². The largest absolute Gasteiger partial charge is 0.369 e. The Morgan fingerprint density at radius 2 is 2.05 bits per heavy atom. The van der Waals surface area contributed by atoms with Crippen LogP contribution in [0.3, 0.4) is 0 Å². The molecule has 1 aromatic carbocycles. The zero-order valence-corrected chi connectivity index (χ0v) is 13.3. The first kappa shape index (κ1) is 16.5. The van der Waals surface area contributed by atoms with Gasteiger partial charge < -0.3 is 11.1 Å². The van der Waals surface area contributed by atoms with E-state index < -0.39 is 0 Å². The van der Waals surface area contributed by atoms with Crippen molar-refractivity contribution in [2.24, 2.45) is 11.7 Å². The van der Waals surface area contributed by atoms with Gasteiger partial charge in [-0.2, -0.15) is 0 Å². The minimum Gasteiger partial charge on any atom is -0.369 e. The normalized spacial score (nSPS) is 20.4. The molecule has 0 aliphatic carbocycles. The highest BCUT2D eigenvalue weighted by molar-refractivity contribution is 5.81. The number of carbonyl (C=O) groups is 2. The van der Waals surface area contributed by atoms with Gasteiger partial charge in [0.1, 0.15) is 0 Å². The molecule has 2 amide bonds. The molecule has 0 bridgehead atoms. The third-order valence-electron chi connectivity index (χ3n) is 4.37. The van der Waals surface area contributed by atoms with E-state index in [1.54, 1.807) is 0 Å². The van der Waals surface area contributed by atoms with Gasteiger partial charge in [0.15, 0.2) is 0 Å². The van der Waals surface area contributed by atoms with Crippen LogP contribution in [0, 0.1) is 12.8 Å². The van der Waals surface area contributed by atoms with Crippen LogP contribution in [0.5, 0.6) is 0 Å². The molecule has 1 saturated heterocycles. The molecule has 2 atom stereocenters. The summed E-state index contributed by atoms with van der Waals surface area (Å²) in [5.41, 5.74) is 7.67. The van der Waals surface area contributed by atoms with Gasteiger partial charge in [0.2, 0.25) is 11.8 Å². The summed E-state index contributed by atoms with van der Waals surface area (Å²) in [7, 11) is 0. The third kappa shape index (κ3) is 4.31. The van der Waals surface area contributed by atoms with Gasteiger partial charge in [-0.1, -0.05) is 29.8 Å². The number of piperidine rings is 1. The van der Waals surface area contributed by atoms with Crippen molar-refractivity contribution in [3.05, 3.63) is 35.4 Å². The van der Waals surface area contributed by atoms with Crippen LogP contribution < -0.4 is 11.1 Å². The lowest BCUT2D eigenvalue weighted by atomic mass is 9.96. The monoisotopic (exact) mass is 303 g/mol. The van der Waals surface area contributed by atoms with E-state index in [0.29, 0.717) is 13.1 Å². The van der Waals surface area contributed by atoms with E-state index in [1.807, 2.05) is 43.0 Å². The van der Waals surface area contributed by atoms with Gasteiger partial charge in [0, 0.05) is 13.1 Å². The Hall–Kier alpha value is -1.88. The molecule has 1 heterocycles. The molecule has 5 nitrogen and oxygen atoms in total. The number of carbonyl (C=O) groups excluding carboxylic acids is 2. The van der Waals surface area contributed by atoms with E-state index in [-0.39, 0.29) is 23.8 Å². The highest BCUT2D eigenvalue weighted by Gasteiger charge is 2.29. The average Bonchev–Trinajstić information content (AvgIpc) is 2.53. The maximum atomic E-state index is 12.3. The molecule has 1 aliphatic heterocycles. The molecule has 0 unspecified atom stereocenters. The first-order valence-corrected chi connectivity index (χ1v) is 7.84. The molecular weight excluding hydrogens is 278 g/mol. The van der Waals surface area contributed by atoms with Crippen LogP contribution in [0.25, 0.3) is 0 Å². The van der Waals surface area contributed by atoms with Crippen molar-refractivity contribution < 1.29 is 9.59 Å². The van der Waals surface area contributed by atoms with E-state index >= 15 is 0 Å². The summed E-state index contributed by atoms with van der Waals surface area (Å²) in [6.45, 7) is 5.86. The highest BCUT2D eigenvalue weighted by atomic mass is 16.2. The van der Waals surface area contributed by atoms with Crippen LogP contribution in [0.4, 0.5) is 0 Å². The number of primary amides is 1.